The molecule has 0 radical (unpaired) electrons. The molecular formula is C25H26N6O3. The lowest BCUT2D eigenvalue weighted by Gasteiger charge is -2.34. The van der Waals surface area contributed by atoms with Crippen LogP contribution >= 0.6 is 0 Å². The monoisotopic (exact) mass is 458 g/mol. The van der Waals surface area contributed by atoms with Crippen molar-refractivity contribution in [3.05, 3.63) is 71.4 Å². The van der Waals surface area contributed by atoms with Gasteiger partial charge in [0.15, 0.2) is 17.2 Å². The number of hydrogen-bond donors (Lipinski definition) is 0. The summed E-state index contributed by atoms with van der Waals surface area (Å²) in [5, 5.41) is 13.2. The van der Waals surface area contributed by atoms with Crippen LogP contribution in [0, 0.1) is 13.8 Å². The minimum atomic E-state index is -0.141. The van der Waals surface area contributed by atoms with Crippen LogP contribution in [0.2, 0.25) is 0 Å². The lowest BCUT2D eigenvalue weighted by atomic mass is 10.0. The lowest BCUT2D eigenvalue weighted by molar-refractivity contribution is -0.132. The van der Waals surface area contributed by atoms with E-state index in [-0.39, 0.29) is 11.8 Å². The van der Waals surface area contributed by atoms with Gasteiger partial charge >= 0.3 is 0 Å². The van der Waals surface area contributed by atoms with Gasteiger partial charge in [0.25, 0.3) is 5.91 Å². The molecule has 1 saturated heterocycles. The Morgan fingerprint density at radius 1 is 0.941 bits per heavy atom. The second-order valence-electron chi connectivity index (χ2n) is 8.55. The Bertz CT molecular complexity index is 1340. The number of piperazine rings is 1. The highest BCUT2D eigenvalue weighted by Crippen LogP contribution is 2.21. The van der Waals surface area contributed by atoms with Gasteiger partial charge in [-0.05, 0) is 55.3 Å². The van der Waals surface area contributed by atoms with E-state index < -0.39 is 0 Å². The molecule has 34 heavy (non-hydrogen) atoms. The zero-order valence-electron chi connectivity index (χ0n) is 19.3. The predicted octanol–water partition coefficient (Wildman–Crippen LogP) is 2.92. The average Bonchev–Trinajstić information content (AvgIpc) is 3.54. The first-order valence-electron chi connectivity index (χ1n) is 11.4. The number of furan rings is 1. The number of carbonyl (C=O) groups is 2. The first-order valence-corrected chi connectivity index (χ1v) is 11.4. The van der Waals surface area contributed by atoms with E-state index in [2.05, 4.69) is 42.2 Å². The number of rotatable bonds is 5. The molecule has 9 heteroatoms. The third-order valence-electron chi connectivity index (χ3n) is 6.34. The van der Waals surface area contributed by atoms with Crippen LogP contribution in [0.25, 0.3) is 16.9 Å². The van der Waals surface area contributed by atoms with E-state index in [1.54, 1.807) is 26.4 Å². The summed E-state index contributed by atoms with van der Waals surface area (Å²) in [6.45, 7) is 6.14. The molecular weight excluding hydrogens is 432 g/mol. The third kappa shape index (κ3) is 4.28. The number of amides is 2. The maximum absolute atomic E-state index is 12.8. The van der Waals surface area contributed by atoms with E-state index in [1.165, 1.54) is 17.4 Å². The number of nitrogens with zero attached hydrogens (tertiary/aromatic N) is 6. The molecule has 1 aliphatic rings. The Hall–Kier alpha value is -4.01. The molecule has 0 saturated carbocycles. The molecule has 4 aromatic rings. The van der Waals surface area contributed by atoms with Gasteiger partial charge in [0.1, 0.15) is 0 Å². The fourth-order valence-corrected chi connectivity index (χ4v) is 4.14. The topological polar surface area (TPSA) is 96.8 Å². The molecule has 3 aromatic heterocycles. The van der Waals surface area contributed by atoms with E-state index in [1.807, 2.05) is 12.1 Å². The summed E-state index contributed by atoms with van der Waals surface area (Å²) in [5.74, 6) is 0.872. The maximum atomic E-state index is 12.8. The van der Waals surface area contributed by atoms with E-state index >= 15 is 0 Å². The molecule has 5 rings (SSSR count). The Balaban J connectivity index is 1.22. The Morgan fingerprint density at radius 2 is 1.74 bits per heavy atom. The highest BCUT2D eigenvalue weighted by molar-refractivity contribution is 5.91. The van der Waals surface area contributed by atoms with Crippen LogP contribution < -0.4 is 0 Å². The summed E-state index contributed by atoms with van der Waals surface area (Å²) in [7, 11) is 0. The second kappa shape index (κ2) is 9.09. The SMILES string of the molecule is Cc1ccc(-c2ccc3nnc(CCC(=O)N4CCN(C(=O)c5ccco5)CC4)n3n2)cc1C. The van der Waals surface area contributed by atoms with Gasteiger partial charge in [-0.15, -0.1) is 10.2 Å². The van der Waals surface area contributed by atoms with Crippen molar-refractivity contribution in [2.24, 2.45) is 0 Å². The summed E-state index contributed by atoms with van der Waals surface area (Å²) in [6.07, 6.45) is 2.23. The van der Waals surface area contributed by atoms with Crippen molar-refractivity contribution in [2.75, 3.05) is 26.2 Å². The number of carbonyl (C=O) groups excluding carboxylic acids is 2. The summed E-state index contributed by atoms with van der Waals surface area (Å²) >= 11 is 0. The summed E-state index contributed by atoms with van der Waals surface area (Å²) in [5.41, 5.74) is 4.96. The first kappa shape index (κ1) is 21.8. The third-order valence-corrected chi connectivity index (χ3v) is 6.34. The van der Waals surface area contributed by atoms with Gasteiger partial charge in [0.05, 0.1) is 12.0 Å². The van der Waals surface area contributed by atoms with Crippen LogP contribution in [-0.2, 0) is 11.2 Å². The van der Waals surface area contributed by atoms with Crippen LogP contribution in [-0.4, -0.2) is 67.6 Å². The highest BCUT2D eigenvalue weighted by Gasteiger charge is 2.26. The minimum absolute atomic E-state index is 0.0344. The Labute approximate surface area is 197 Å². The van der Waals surface area contributed by atoms with E-state index in [9.17, 15) is 9.59 Å². The molecule has 1 fully saturated rings. The maximum Gasteiger partial charge on any atom is 0.289 e. The van der Waals surface area contributed by atoms with Gasteiger partial charge in [-0.3, -0.25) is 9.59 Å². The minimum Gasteiger partial charge on any atom is -0.459 e. The molecule has 1 aromatic carbocycles. The summed E-state index contributed by atoms with van der Waals surface area (Å²) in [4.78, 5) is 28.7. The number of benzene rings is 1. The zero-order chi connectivity index (χ0) is 23.7. The van der Waals surface area contributed by atoms with Crippen molar-refractivity contribution in [1.82, 2.24) is 29.6 Å². The van der Waals surface area contributed by atoms with Crippen LogP contribution in [0.1, 0.15) is 33.9 Å². The molecule has 1 aliphatic heterocycles. The Kier molecular flexibility index (Phi) is 5.83. The van der Waals surface area contributed by atoms with Crippen LogP contribution in [0.15, 0.2) is 53.1 Å². The van der Waals surface area contributed by atoms with Gasteiger partial charge in [-0.2, -0.15) is 9.61 Å². The normalized spacial score (nSPS) is 14.1. The van der Waals surface area contributed by atoms with Crippen molar-refractivity contribution in [2.45, 2.75) is 26.7 Å². The smallest absolute Gasteiger partial charge is 0.289 e. The fourth-order valence-electron chi connectivity index (χ4n) is 4.14. The molecule has 0 atom stereocenters. The molecule has 0 spiro atoms. The predicted molar refractivity (Wildman–Crippen MR) is 125 cm³/mol. The van der Waals surface area contributed by atoms with Gasteiger partial charge < -0.3 is 14.2 Å². The Morgan fingerprint density at radius 3 is 2.47 bits per heavy atom. The van der Waals surface area contributed by atoms with Crippen molar-refractivity contribution in [3.63, 3.8) is 0 Å². The molecule has 0 aliphatic carbocycles. The number of fused-ring (bicyclic) bond motifs is 1. The van der Waals surface area contributed by atoms with Crippen LogP contribution in [0.5, 0.6) is 0 Å². The van der Waals surface area contributed by atoms with Gasteiger partial charge in [0.2, 0.25) is 5.91 Å². The van der Waals surface area contributed by atoms with Crippen LogP contribution in [0.4, 0.5) is 0 Å². The van der Waals surface area contributed by atoms with E-state index in [0.717, 1.165) is 11.3 Å². The van der Waals surface area contributed by atoms with Crippen LogP contribution in [0.3, 0.4) is 0 Å². The first-order chi connectivity index (χ1) is 16.5. The molecule has 4 heterocycles. The molecule has 0 bridgehead atoms. The molecule has 9 nitrogen and oxygen atoms in total. The largest absolute Gasteiger partial charge is 0.459 e. The van der Waals surface area contributed by atoms with Crippen molar-refractivity contribution >= 4 is 17.5 Å². The highest BCUT2D eigenvalue weighted by atomic mass is 16.3. The van der Waals surface area contributed by atoms with E-state index in [0.29, 0.717) is 56.3 Å². The second-order valence-corrected chi connectivity index (χ2v) is 8.55. The van der Waals surface area contributed by atoms with E-state index in [4.69, 9.17) is 9.52 Å². The fraction of sp³-hybridized carbons (Fsp3) is 0.320. The molecule has 2 amide bonds. The molecule has 0 N–H and O–H groups in total. The van der Waals surface area contributed by atoms with Gasteiger partial charge in [-0.25, -0.2) is 0 Å². The van der Waals surface area contributed by atoms with Gasteiger partial charge in [0, 0.05) is 44.6 Å². The van der Waals surface area contributed by atoms with Gasteiger partial charge in [-0.1, -0.05) is 12.1 Å². The molecule has 0 unspecified atom stereocenters. The van der Waals surface area contributed by atoms with Crippen molar-refractivity contribution in [3.8, 4) is 11.3 Å². The zero-order valence-corrected chi connectivity index (χ0v) is 19.3. The lowest BCUT2D eigenvalue weighted by Crippen LogP contribution is -2.50. The van der Waals surface area contributed by atoms with Crippen molar-refractivity contribution in [1.29, 1.82) is 0 Å². The summed E-state index contributed by atoms with van der Waals surface area (Å²) in [6, 6.07) is 13.4. The standard InChI is InChI=1S/C25H26N6O3/c1-17-5-6-19(16-18(17)2)20-7-8-22-26-27-23(31(22)28-20)9-10-24(32)29-11-13-30(14-12-29)25(33)21-4-3-15-34-21/h3-8,15-16H,9-14H2,1-2H3. The number of aromatic nitrogens is 4. The quantitative estimate of drug-likeness (QED) is 0.456. The average molecular weight is 459 g/mol. The molecule has 174 valence electrons. The number of hydrogen-bond acceptors (Lipinski definition) is 6. The van der Waals surface area contributed by atoms with Crippen molar-refractivity contribution < 1.29 is 14.0 Å². The summed E-state index contributed by atoms with van der Waals surface area (Å²) < 4.78 is 6.91. The number of aryl methyl sites for hydroxylation is 3.